The van der Waals surface area contributed by atoms with Crippen molar-refractivity contribution in [2.24, 2.45) is 5.92 Å². The van der Waals surface area contributed by atoms with Gasteiger partial charge in [0, 0.05) is 25.6 Å². The van der Waals surface area contributed by atoms with Gasteiger partial charge in [0.1, 0.15) is 11.9 Å². The van der Waals surface area contributed by atoms with Crippen LogP contribution in [0.1, 0.15) is 31.1 Å². The van der Waals surface area contributed by atoms with E-state index in [0.29, 0.717) is 6.54 Å². The molecule has 126 valence electrons. The van der Waals surface area contributed by atoms with Gasteiger partial charge in [-0.2, -0.15) is 0 Å². The van der Waals surface area contributed by atoms with Gasteiger partial charge in [0.15, 0.2) is 0 Å². The van der Waals surface area contributed by atoms with Crippen LogP contribution in [-0.2, 0) is 9.59 Å². The zero-order valence-corrected chi connectivity index (χ0v) is 13.5. The third kappa shape index (κ3) is 6.46. The van der Waals surface area contributed by atoms with Crippen molar-refractivity contribution in [3.8, 4) is 0 Å². The summed E-state index contributed by atoms with van der Waals surface area (Å²) in [5, 5.41) is 7.86. The number of nitrogens with one attached hydrogen (secondary N) is 3. The molecule has 0 aliphatic heterocycles. The van der Waals surface area contributed by atoms with E-state index < -0.39 is 17.8 Å². The molecule has 3 amide bonds. The van der Waals surface area contributed by atoms with E-state index in [-0.39, 0.29) is 29.8 Å². The van der Waals surface area contributed by atoms with Gasteiger partial charge in [-0.25, -0.2) is 4.39 Å². The fourth-order valence-corrected chi connectivity index (χ4v) is 1.89. The van der Waals surface area contributed by atoms with E-state index in [4.69, 9.17) is 0 Å². The van der Waals surface area contributed by atoms with Crippen LogP contribution < -0.4 is 16.0 Å². The summed E-state index contributed by atoms with van der Waals surface area (Å²) < 4.78 is 12.9. The summed E-state index contributed by atoms with van der Waals surface area (Å²) in [5.74, 6) is -1.51. The SMILES string of the molecule is CC(=O)NCCNC(=O)C(NC(=O)c1ccc(F)cc1)C(C)C. The molecule has 23 heavy (non-hydrogen) atoms. The highest BCUT2D eigenvalue weighted by Crippen LogP contribution is 2.06. The molecule has 1 atom stereocenters. The van der Waals surface area contributed by atoms with Crippen LogP contribution in [0.2, 0.25) is 0 Å². The van der Waals surface area contributed by atoms with Crippen LogP contribution in [0, 0.1) is 11.7 Å². The second-order valence-electron chi connectivity index (χ2n) is 5.48. The summed E-state index contributed by atoms with van der Waals surface area (Å²) in [6, 6.07) is 4.37. The number of hydrogen-bond acceptors (Lipinski definition) is 3. The molecular formula is C16H22FN3O3. The van der Waals surface area contributed by atoms with Crippen LogP contribution in [0.4, 0.5) is 4.39 Å². The molecule has 0 aromatic heterocycles. The summed E-state index contributed by atoms with van der Waals surface area (Å²) in [4.78, 5) is 35.0. The lowest BCUT2D eigenvalue weighted by molar-refractivity contribution is -0.124. The van der Waals surface area contributed by atoms with Crippen LogP contribution in [0.3, 0.4) is 0 Å². The van der Waals surface area contributed by atoms with Gasteiger partial charge in [-0.15, -0.1) is 0 Å². The summed E-state index contributed by atoms with van der Waals surface area (Å²) in [7, 11) is 0. The quantitative estimate of drug-likeness (QED) is 0.650. The first-order valence-corrected chi connectivity index (χ1v) is 7.40. The second kappa shape index (κ2) is 8.87. The molecule has 7 heteroatoms. The highest BCUT2D eigenvalue weighted by atomic mass is 19.1. The van der Waals surface area contributed by atoms with Crippen molar-refractivity contribution in [1.29, 1.82) is 0 Å². The standard InChI is InChI=1S/C16H22FN3O3/c1-10(2)14(16(23)19-9-8-18-11(3)21)20-15(22)12-4-6-13(17)7-5-12/h4-7,10,14H,8-9H2,1-3H3,(H,18,21)(H,19,23)(H,20,22). The van der Waals surface area contributed by atoms with Gasteiger partial charge in [0.2, 0.25) is 11.8 Å². The highest BCUT2D eigenvalue weighted by Gasteiger charge is 2.24. The Morgan fingerprint density at radius 3 is 2.13 bits per heavy atom. The summed E-state index contributed by atoms with van der Waals surface area (Å²) in [5.41, 5.74) is 0.281. The molecule has 0 saturated heterocycles. The predicted molar refractivity (Wildman–Crippen MR) is 84.2 cm³/mol. The van der Waals surface area contributed by atoms with Crippen LogP contribution >= 0.6 is 0 Å². The number of halogens is 1. The van der Waals surface area contributed by atoms with Crippen molar-refractivity contribution < 1.29 is 18.8 Å². The molecule has 0 saturated carbocycles. The summed E-state index contributed by atoms with van der Waals surface area (Å²) in [6.45, 7) is 5.60. The van der Waals surface area contributed by atoms with Gasteiger partial charge in [0.05, 0.1) is 0 Å². The maximum absolute atomic E-state index is 12.9. The molecule has 1 unspecified atom stereocenters. The van der Waals surface area contributed by atoms with Crippen molar-refractivity contribution in [3.05, 3.63) is 35.6 Å². The maximum atomic E-state index is 12.9. The topological polar surface area (TPSA) is 87.3 Å². The summed E-state index contributed by atoms with van der Waals surface area (Å²) >= 11 is 0. The third-order valence-corrected chi connectivity index (χ3v) is 3.14. The molecule has 0 heterocycles. The van der Waals surface area contributed by atoms with E-state index in [9.17, 15) is 18.8 Å². The van der Waals surface area contributed by atoms with E-state index in [1.807, 2.05) is 13.8 Å². The van der Waals surface area contributed by atoms with Crippen LogP contribution in [0.5, 0.6) is 0 Å². The van der Waals surface area contributed by atoms with Crippen molar-refractivity contribution in [3.63, 3.8) is 0 Å². The number of carbonyl (C=O) groups is 3. The average molecular weight is 323 g/mol. The van der Waals surface area contributed by atoms with Crippen molar-refractivity contribution in [2.45, 2.75) is 26.8 Å². The van der Waals surface area contributed by atoms with Gasteiger partial charge in [-0.05, 0) is 30.2 Å². The molecule has 0 fully saturated rings. The smallest absolute Gasteiger partial charge is 0.251 e. The number of amides is 3. The van der Waals surface area contributed by atoms with E-state index in [1.165, 1.54) is 31.2 Å². The Hall–Kier alpha value is -2.44. The molecule has 6 nitrogen and oxygen atoms in total. The van der Waals surface area contributed by atoms with Crippen LogP contribution in [0.15, 0.2) is 24.3 Å². The number of hydrogen-bond donors (Lipinski definition) is 3. The van der Waals surface area contributed by atoms with Crippen LogP contribution in [-0.4, -0.2) is 36.9 Å². The number of carbonyl (C=O) groups excluding carboxylic acids is 3. The number of rotatable bonds is 7. The van der Waals surface area contributed by atoms with E-state index >= 15 is 0 Å². The Labute approximate surface area is 134 Å². The fraction of sp³-hybridized carbons (Fsp3) is 0.438. The Morgan fingerprint density at radius 1 is 1.04 bits per heavy atom. The van der Waals surface area contributed by atoms with E-state index in [1.54, 1.807) is 0 Å². The lowest BCUT2D eigenvalue weighted by Gasteiger charge is -2.21. The molecule has 3 N–H and O–H groups in total. The molecule has 1 aromatic rings. The van der Waals surface area contributed by atoms with E-state index in [0.717, 1.165) is 0 Å². The predicted octanol–water partition coefficient (Wildman–Crippen LogP) is 0.832. The van der Waals surface area contributed by atoms with E-state index in [2.05, 4.69) is 16.0 Å². The van der Waals surface area contributed by atoms with Gasteiger partial charge >= 0.3 is 0 Å². The third-order valence-electron chi connectivity index (χ3n) is 3.14. The van der Waals surface area contributed by atoms with Crippen molar-refractivity contribution in [1.82, 2.24) is 16.0 Å². The highest BCUT2D eigenvalue weighted by molar-refractivity contribution is 5.97. The molecule has 0 aliphatic rings. The van der Waals surface area contributed by atoms with Crippen LogP contribution in [0.25, 0.3) is 0 Å². The molecule has 1 aromatic carbocycles. The van der Waals surface area contributed by atoms with Crippen molar-refractivity contribution >= 4 is 17.7 Å². The molecule has 0 aliphatic carbocycles. The zero-order chi connectivity index (χ0) is 17.4. The maximum Gasteiger partial charge on any atom is 0.251 e. The first kappa shape index (κ1) is 18.6. The number of benzene rings is 1. The molecular weight excluding hydrogens is 301 g/mol. The Kier molecular flexibility index (Phi) is 7.18. The second-order valence-corrected chi connectivity index (χ2v) is 5.48. The molecule has 1 rings (SSSR count). The molecule has 0 radical (unpaired) electrons. The van der Waals surface area contributed by atoms with Gasteiger partial charge in [-0.3, -0.25) is 14.4 Å². The fourth-order valence-electron chi connectivity index (χ4n) is 1.89. The lowest BCUT2D eigenvalue weighted by Crippen LogP contribution is -2.50. The van der Waals surface area contributed by atoms with Gasteiger partial charge in [-0.1, -0.05) is 13.8 Å². The van der Waals surface area contributed by atoms with Gasteiger partial charge < -0.3 is 16.0 Å². The Morgan fingerprint density at radius 2 is 1.61 bits per heavy atom. The zero-order valence-electron chi connectivity index (χ0n) is 13.5. The normalized spacial score (nSPS) is 11.7. The average Bonchev–Trinajstić information content (AvgIpc) is 2.48. The molecule has 0 bridgehead atoms. The largest absolute Gasteiger partial charge is 0.355 e. The van der Waals surface area contributed by atoms with Crippen molar-refractivity contribution in [2.75, 3.05) is 13.1 Å². The Balaban J connectivity index is 2.60. The first-order chi connectivity index (χ1) is 10.8. The minimum Gasteiger partial charge on any atom is -0.355 e. The van der Waals surface area contributed by atoms with Gasteiger partial charge in [0.25, 0.3) is 5.91 Å². The monoisotopic (exact) mass is 323 g/mol. The minimum atomic E-state index is -0.718. The first-order valence-electron chi connectivity index (χ1n) is 7.40. The molecule has 0 spiro atoms. The lowest BCUT2D eigenvalue weighted by atomic mass is 10.0. The summed E-state index contributed by atoms with van der Waals surface area (Å²) in [6.07, 6.45) is 0. The Bertz CT molecular complexity index is 558. The minimum absolute atomic E-state index is 0.125.